The van der Waals surface area contributed by atoms with Crippen LogP contribution in [0.25, 0.3) is 0 Å². The van der Waals surface area contributed by atoms with Crippen LogP contribution in [0, 0.1) is 0 Å². The molecular formula is C22H30N2O2. The summed E-state index contributed by atoms with van der Waals surface area (Å²) in [4.78, 5) is 4.98. The molecule has 0 aromatic heterocycles. The highest BCUT2D eigenvalue weighted by atomic mass is 16.5. The maximum Gasteiger partial charge on any atom is 0.125 e. The SMILES string of the molecule is COc1ccccc1COc1ccc(CCCN2CCN(C)CC2)cc1. The van der Waals surface area contributed by atoms with E-state index in [0.29, 0.717) is 6.61 Å². The van der Waals surface area contributed by atoms with Crippen molar-refractivity contribution in [1.82, 2.24) is 9.80 Å². The average molecular weight is 354 g/mol. The second-order valence-electron chi connectivity index (χ2n) is 6.99. The van der Waals surface area contributed by atoms with Crippen molar-refractivity contribution >= 4 is 0 Å². The zero-order chi connectivity index (χ0) is 18.2. The first-order chi connectivity index (χ1) is 12.7. The monoisotopic (exact) mass is 354 g/mol. The van der Waals surface area contributed by atoms with Crippen LogP contribution in [0.1, 0.15) is 17.5 Å². The number of aryl methyl sites for hydroxylation is 1. The number of hydrogen-bond donors (Lipinski definition) is 0. The van der Waals surface area contributed by atoms with Crippen LogP contribution in [0.2, 0.25) is 0 Å². The van der Waals surface area contributed by atoms with Crippen molar-refractivity contribution in [2.24, 2.45) is 0 Å². The van der Waals surface area contributed by atoms with Crippen LogP contribution in [0.5, 0.6) is 11.5 Å². The number of piperazine rings is 1. The van der Waals surface area contributed by atoms with Crippen LogP contribution in [0.4, 0.5) is 0 Å². The summed E-state index contributed by atoms with van der Waals surface area (Å²) in [6.07, 6.45) is 2.34. The van der Waals surface area contributed by atoms with Crippen molar-refractivity contribution in [2.45, 2.75) is 19.4 Å². The van der Waals surface area contributed by atoms with E-state index >= 15 is 0 Å². The normalized spacial score (nSPS) is 15.8. The number of ether oxygens (including phenoxy) is 2. The summed E-state index contributed by atoms with van der Waals surface area (Å²) in [5, 5.41) is 0. The maximum atomic E-state index is 5.91. The lowest BCUT2D eigenvalue weighted by Gasteiger charge is -2.32. The summed E-state index contributed by atoms with van der Waals surface area (Å²) in [5.41, 5.74) is 2.44. The van der Waals surface area contributed by atoms with Gasteiger partial charge in [0.1, 0.15) is 18.1 Å². The number of para-hydroxylation sites is 1. The van der Waals surface area contributed by atoms with E-state index in [4.69, 9.17) is 9.47 Å². The smallest absolute Gasteiger partial charge is 0.125 e. The van der Waals surface area contributed by atoms with Gasteiger partial charge in [-0.25, -0.2) is 0 Å². The Balaban J connectivity index is 1.42. The Morgan fingerprint density at radius 3 is 2.38 bits per heavy atom. The van der Waals surface area contributed by atoms with Gasteiger partial charge in [0.15, 0.2) is 0 Å². The van der Waals surface area contributed by atoms with Crippen LogP contribution in [0.3, 0.4) is 0 Å². The van der Waals surface area contributed by atoms with E-state index < -0.39 is 0 Å². The Morgan fingerprint density at radius 2 is 1.65 bits per heavy atom. The third-order valence-electron chi connectivity index (χ3n) is 5.05. The Bertz CT molecular complexity index is 664. The number of likely N-dealkylation sites (N-methyl/N-ethyl adjacent to an activating group) is 1. The Morgan fingerprint density at radius 1 is 0.923 bits per heavy atom. The lowest BCUT2D eigenvalue weighted by atomic mass is 10.1. The van der Waals surface area contributed by atoms with Crippen molar-refractivity contribution in [2.75, 3.05) is 46.9 Å². The fourth-order valence-corrected chi connectivity index (χ4v) is 3.31. The lowest BCUT2D eigenvalue weighted by molar-refractivity contribution is 0.153. The van der Waals surface area contributed by atoms with E-state index in [1.165, 1.54) is 44.7 Å². The molecule has 0 N–H and O–H groups in total. The number of rotatable bonds is 8. The highest BCUT2D eigenvalue weighted by Gasteiger charge is 2.12. The third-order valence-corrected chi connectivity index (χ3v) is 5.05. The van der Waals surface area contributed by atoms with Gasteiger partial charge >= 0.3 is 0 Å². The van der Waals surface area contributed by atoms with Gasteiger partial charge in [-0.05, 0) is 50.2 Å². The minimum atomic E-state index is 0.521. The van der Waals surface area contributed by atoms with E-state index in [0.717, 1.165) is 23.5 Å². The number of hydrogen-bond acceptors (Lipinski definition) is 4. The molecule has 1 heterocycles. The number of benzene rings is 2. The second-order valence-corrected chi connectivity index (χ2v) is 6.99. The molecule has 1 saturated heterocycles. The van der Waals surface area contributed by atoms with Crippen LogP contribution >= 0.6 is 0 Å². The van der Waals surface area contributed by atoms with Gasteiger partial charge in [0.25, 0.3) is 0 Å². The quantitative estimate of drug-likeness (QED) is 0.725. The summed E-state index contributed by atoms with van der Waals surface area (Å²) in [5.74, 6) is 1.77. The summed E-state index contributed by atoms with van der Waals surface area (Å²) >= 11 is 0. The van der Waals surface area contributed by atoms with Gasteiger partial charge in [-0.2, -0.15) is 0 Å². The zero-order valence-corrected chi connectivity index (χ0v) is 16.0. The molecule has 0 bridgehead atoms. The van der Waals surface area contributed by atoms with Crippen molar-refractivity contribution in [3.63, 3.8) is 0 Å². The molecule has 4 nitrogen and oxygen atoms in total. The molecule has 3 rings (SSSR count). The van der Waals surface area contributed by atoms with Gasteiger partial charge in [-0.3, -0.25) is 0 Å². The third kappa shape index (κ3) is 5.48. The standard InChI is InChI=1S/C22H30N2O2/c1-23-14-16-24(17-15-23)13-5-6-19-9-11-21(12-10-19)26-18-20-7-3-4-8-22(20)25-2/h3-4,7-12H,5-6,13-18H2,1-2H3. The summed E-state index contributed by atoms with van der Waals surface area (Å²) in [7, 11) is 3.89. The average Bonchev–Trinajstić information content (AvgIpc) is 2.69. The number of methoxy groups -OCH3 is 1. The zero-order valence-electron chi connectivity index (χ0n) is 16.0. The van der Waals surface area contributed by atoms with Gasteiger partial charge in [0, 0.05) is 31.7 Å². The lowest BCUT2D eigenvalue weighted by Crippen LogP contribution is -2.44. The maximum absolute atomic E-state index is 5.91. The Hall–Kier alpha value is -2.04. The second kappa shape index (κ2) is 9.60. The highest BCUT2D eigenvalue weighted by Crippen LogP contribution is 2.20. The first-order valence-corrected chi connectivity index (χ1v) is 9.49. The molecule has 0 unspecified atom stereocenters. The van der Waals surface area contributed by atoms with E-state index in [1.807, 2.05) is 24.3 Å². The minimum absolute atomic E-state index is 0.521. The van der Waals surface area contributed by atoms with Gasteiger partial charge in [-0.15, -0.1) is 0 Å². The van der Waals surface area contributed by atoms with E-state index in [-0.39, 0.29) is 0 Å². The molecule has 2 aromatic carbocycles. The predicted octanol–water partition coefficient (Wildman–Crippen LogP) is 3.45. The van der Waals surface area contributed by atoms with Gasteiger partial charge in [-0.1, -0.05) is 30.3 Å². The molecule has 1 aliphatic heterocycles. The molecule has 1 aliphatic rings. The van der Waals surface area contributed by atoms with E-state index in [9.17, 15) is 0 Å². The summed E-state index contributed by atoms with van der Waals surface area (Å²) in [6.45, 7) is 6.50. The van der Waals surface area contributed by atoms with Crippen molar-refractivity contribution < 1.29 is 9.47 Å². The number of nitrogens with zero attached hydrogens (tertiary/aromatic N) is 2. The largest absolute Gasteiger partial charge is 0.496 e. The van der Waals surface area contributed by atoms with Crippen LogP contribution in [-0.4, -0.2) is 56.7 Å². The molecule has 4 heteroatoms. The molecule has 26 heavy (non-hydrogen) atoms. The molecule has 2 aromatic rings. The van der Waals surface area contributed by atoms with Crippen molar-refractivity contribution in [1.29, 1.82) is 0 Å². The molecule has 1 fully saturated rings. The Kier molecular flexibility index (Phi) is 6.92. The molecule has 0 aliphatic carbocycles. The molecule has 0 atom stereocenters. The van der Waals surface area contributed by atoms with Gasteiger partial charge in [0.05, 0.1) is 7.11 Å². The van der Waals surface area contributed by atoms with Gasteiger partial charge < -0.3 is 19.3 Å². The predicted molar refractivity (Wildman–Crippen MR) is 106 cm³/mol. The van der Waals surface area contributed by atoms with Crippen LogP contribution in [0.15, 0.2) is 48.5 Å². The fourth-order valence-electron chi connectivity index (χ4n) is 3.31. The van der Waals surface area contributed by atoms with Crippen molar-refractivity contribution in [3.05, 3.63) is 59.7 Å². The van der Waals surface area contributed by atoms with Crippen molar-refractivity contribution in [3.8, 4) is 11.5 Å². The molecular weight excluding hydrogens is 324 g/mol. The molecule has 0 saturated carbocycles. The molecule has 140 valence electrons. The first kappa shape index (κ1) is 18.7. The van der Waals surface area contributed by atoms with Gasteiger partial charge in [0.2, 0.25) is 0 Å². The highest BCUT2D eigenvalue weighted by molar-refractivity contribution is 5.34. The first-order valence-electron chi connectivity index (χ1n) is 9.49. The molecule has 0 spiro atoms. The summed E-state index contributed by atoms with van der Waals surface area (Å²) in [6, 6.07) is 16.5. The van der Waals surface area contributed by atoms with Crippen LogP contribution in [-0.2, 0) is 13.0 Å². The summed E-state index contributed by atoms with van der Waals surface area (Å²) < 4.78 is 11.3. The molecule has 0 radical (unpaired) electrons. The van der Waals surface area contributed by atoms with E-state index in [1.54, 1.807) is 7.11 Å². The Labute approximate surface area is 157 Å². The topological polar surface area (TPSA) is 24.9 Å². The molecule has 0 amide bonds. The van der Waals surface area contributed by atoms with E-state index in [2.05, 4.69) is 41.1 Å². The minimum Gasteiger partial charge on any atom is -0.496 e. The van der Waals surface area contributed by atoms with Crippen LogP contribution < -0.4 is 9.47 Å². The fraction of sp³-hybridized carbons (Fsp3) is 0.455.